The van der Waals surface area contributed by atoms with Crippen molar-refractivity contribution in [1.82, 2.24) is 9.78 Å². The van der Waals surface area contributed by atoms with Crippen molar-refractivity contribution in [2.75, 3.05) is 11.3 Å². The molecule has 1 heterocycles. The highest BCUT2D eigenvalue weighted by molar-refractivity contribution is 9.10. The van der Waals surface area contributed by atoms with Crippen LogP contribution in [-0.4, -0.2) is 24.8 Å². The molecule has 10 heteroatoms. The average Bonchev–Trinajstić information content (AvgIpc) is 2.98. The molecule has 0 spiro atoms. The van der Waals surface area contributed by atoms with E-state index in [4.69, 9.17) is 16.3 Å². The van der Waals surface area contributed by atoms with Gasteiger partial charge in [-0.05, 0) is 59.3 Å². The lowest BCUT2D eigenvalue weighted by Gasteiger charge is -2.08. The maximum absolute atomic E-state index is 14.0. The lowest BCUT2D eigenvalue weighted by Crippen LogP contribution is -2.14. The van der Waals surface area contributed by atoms with Crippen LogP contribution in [0.4, 0.5) is 10.2 Å². The van der Waals surface area contributed by atoms with E-state index >= 15 is 0 Å². The van der Waals surface area contributed by atoms with Crippen molar-refractivity contribution in [3.8, 4) is 5.75 Å². The van der Waals surface area contributed by atoms with Gasteiger partial charge in [-0.25, -0.2) is 12.8 Å². The number of hydrogen-bond donors (Lipinski definition) is 1. The summed E-state index contributed by atoms with van der Waals surface area (Å²) in [7, 11) is -3.85. The fraction of sp³-hybridized carbons (Fsp3) is 0.167. The second kappa shape index (κ2) is 8.50. The third-order valence-corrected chi connectivity index (χ3v) is 6.06. The summed E-state index contributed by atoms with van der Waals surface area (Å²) in [4.78, 5) is 0.0644. The summed E-state index contributed by atoms with van der Waals surface area (Å²) in [6.07, 6.45) is 1.54. The molecular formula is C18H16BrClFN3O3S. The third kappa shape index (κ3) is 4.65. The molecule has 0 atom stereocenters. The second-order valence-corrected chi connectivity index (χ2v) is 8.68. The minimum absolute atomic E-state index is 0.0505. The molecule has 0 bridgehead atoms. The van der Waals surface area contributed by atoms with Crippen molar-refractivity contribution in [2.24, 2.45) is 0 Å². The Kier molecular flexibility index (Phi) is 6.26. The predicted octanol–water partition coefficient (Wildman–Crippen LogP) is 4.69. The van der Waals surface area contributed by atoms with Gasteiger partial charge in [0.05, 0.1) is 22.5 Å². The SMILES string of the molecule is CCOc1ccc(S(=O)(=O)Nc2nn(Cc3c(F)cccc3Cl)cc2Br)cc1. The van der Waals surface area contributed by atoms with Gasteiger partial charge in [0, 0.05) is 16.8 Å². The molecule has 0 unspecified atom stereocenters. The molecule has 0 aliphatic rings. The number of hydrogen-bond acceptors (Lipinski definition) is 4. The summed E-state index contributed by atoms with van der Waals surface area (Å²) in [5.74, 6) is 0.200. The van der Waals surface area contributed by atoms with Crippen LogP contribution in [0.25, 0.3) is 0 Å². The molecule has 28 heavy (non-hydrogen) atoms. The minimum Gasteiger partial charge on any atom is -0.494 e. The number of aromatic nitrogens is 2. The number of rotatable bonds is 7. The monoisotopic (exact) mass is 487 g/mol. The van der Waals surface area contributed by atoms with E-state index < -0.39 is 15.8 Å². The van der Waals surface area contributed by atoms with E-state index in [0.717, 1.165) is 0 Å². The molecule has 2 aromatic carbocycles. The van der Waals surface area contributed by atoms with E-state index in [9.17, 15) is 12.8 Å². The summed E-state index contributed by atoms with van der Waals surface area (Å²) >= 11 is 9.30. The Morgan fingerprint density at radius 1 is 1.25 bits per heavy atom. The maximum atomic E-state index is 14.0. The largest absolute Gasteiger partial charge is 0.494 e. The number of nitrogens with zero attached hydrogens (tertiary/aromatic N) is 2. The Morgan fingerprint density at radius 2 is 1.96 bits per heavy atom. The van der Waals surface area contributed by atoms with Gasteiger partial charge in [0.15, 0.2) is 5.82 Å². The van der Waals surface area contributed by atoms with Crippen molar-refractivity contribution in [3.63, 3.8) is 0 Å². The highest BCUT2D eigenvalue weighted by Crippen LogP contribution is 2.26. The summed E-state index contributed by atoms with van der Waals surface area (Å²) in [5.41, 5.74) is 0.264. The van der Waals surface area contributed by atoms with Crippen molar-refractivity contribution in [1.29, 1.82) is 0 Å². The number of halogens is 3. The predicted molar refractivity (Wildman–Crippen MR) is 109 cm³/mol. The summed E-state index contributed by atoms with van der Waals surface area (Å²) in [6, 6.07) is 10.4. The lowest BCUT2D eigenvalue weighted by atomic mass is 10.2. The van der Waals surface area contributed by atoms with Crippen LogP contribution in [0.5, 0.6) is 5.75 Å². The van der Waals surface area contributed by atoms with E-state index in [1.165, 1.54) is 28.9 Å². The topological polar surface area (TPSA) is 73.2 Å². The van der Waals surface area contributed by atoms with Crippen LogP contribution < -0.4 is 9.46 Å². The third-order valence-electron chi connectivity index (χ3n) is 3.77. The summed E-state index contributed by atoms with van der Waals surface area (Å²) < 4.78 is 48.7. The van der Waals surface area contributed by atoms with E-state index in [1.54, 1.807) is 24.4 Å². The highest BCUT2D eigenvalue weighted by atomic mass is 79.9. The fourth-order valence-electron chi connectivity index (χ4n) is 2.46. The van der Waals surface area contributed by atoms with Crippen molar-refractivity contribution in [3.05, 3.63) is 69.5 Å². The normalized spacial score (nSPS) is 11.4. The van der Waals surface area contributed by atoms with Gasteiger partial charge in [-0.1, -0.05) is 17.7 Å². The Morgan fingerprint density at radius 3 is 2.61 bits per heavy atom. The molecule has 148 valence electrons. The van der Waals surface area contributed by atoms with Crippen LogP contribution in [0.2, 0.25) is 5.02 Å². The molecule has 1 aromatic heterocycles. The first-order valence-electron chi connectivity index (χ1n) is 8.21. The molecule has 3 rings (SSSR count). The van der Waals surface area contributed by atoms with Crippen LogP contribution in [-0.2, 0) is 16.6 Å². The molecule has 0 saturated heterocycles. The van der Waals surface area contributed by atoms with E-state index in [1.807, 2.05) is 6.92 Å². The number of anilines is 1. The zero-order valence-corrected chi connectivity index (χ0v) is 17.9. The lowest BCUT2D eigenvalue weighted by molar-refractivity contribution is 0.340. The van der Waals surface area contributed by atoms with E-state index in [0.29, 0.717) is 16.8 Å². The van der Waals surface area contributed by atoms with Crippen molar-refractivity contribution < 1.29 is 17.5 Å². The van der Waals surface area contributed by atoms with Gasteiger partial charge in [-0.15, -0.1) is 0 Å². The molecule has 1 N–H and O–H groups in total. The van der Waals surface area contributed by atoms with Crippen LogP contribution >= 0.6 is 27.5 Å². The molecule has 0 saturated carbocycles. The van der Waals surface area contributed by atoms with Crippen LogP contribution in [0, 0.1) is 5.82 Å². The quantitative estimate of drug-likeness (QED) is 0.524. The van der Waals surface area contributed by atoms with E-state index in [-0.39, 0.29) is 27.8 Å². The van der Waals surface area contributed by atoms with Crippen molar-refractivity contribution >= 4 is 43.4 Å². The summed E-state index contributed by atoms with van der Waals surface area (Å²) in [5, 5.41) is 4.44. The van der Waals surface area contributed by atoms with Gasteiger partial charge in [0.2, 0.25) is 0 Å². The molecule has 0 fully saturated rings. The summed E-state index contributed by atoms with van der Waals surface area (Å²) in [6.45, 7) is 2.38. The van der Waals surface area contributed by atoms with Crippen LogP contribution in [0.3, 0.4) is 0 Å². The van der Waals surface area contributed by atoms with Gasteiger partial charge < -0.3 is 4.74 Å². The minimum atomic E-state index is -3.85. The van der Waals surface area contributed by atoms with Crippen molar-refractivity contribution in [2.45, 2.75) is 18.4 Å². The molecule has 0 amide bonds. The standard InChI is InChI=1S/C18H16BrClFN3O3S/c1-2-27-12-6-8-13(9-7-12)28(25,26)23-18-15(19)11-24(22-18)10-14-16(20)4-3-5-17(14)21/h3-9,11H,2,10H2,1H3,(H,22,23). The molecule has 3 aromatic rings. The van der Waals surface area contributed by atoms with Crippen LogP contribution in [0.15, 0.2) is 58.0 Å². The number of nitrogens with one attached hydrogen (secondary N) is 1. The number of ether oxygens (including phenoxy) is 1. The van der Waals surface area contributed by atoms with Gasteiger partial charge in [0.25, 0.3) is 10.0 Å². The zero-order valence-electron chi connectivity index (χ0n) is 14.7. The highest BCUT2D eigenvalue weighted by Gasteiger charge is 2.19. The second-order valence-electron chi connectivity index (χ2n) is 5.73. The number of benzene rings is 2. The average molecular weight is 489 g/mol. The fourth-order valence-corrected chi connectivity index (χ4v) is 4.25. The zero-order chi connectivity index (χ0) is 20.3. The maximum Gasteiger partial charge on any atom is 0.263 e. The van der Waals surface area contributed by atoms with Gasteiger partial charge in [-0.2, -0.15) is 5.10 Å². The first-order chi connectivity index (χ1) is 13.3. The van der Waals surface area contributed by atoms with E-state index in [2.05, 4.69) is 25.8 Å². The molecular weight excluding hydrogens is 473 g/mol. The van der Waals surface area contributed by atoms with Gasteiger partial charge in [-0.3, -0.25) is 9.40 Å². The van der Waals surface area contributed by atoms with Crippen LogP contribution in [0.1, 0.15) is 12.5 Å². The Bertz CT molecular complexity index is 1070. The molecule has 0 radical (unpaired) electrons. The first-order valence-corrected chi connectivity index (χ1v) is 10.9. The Balaban J connectivity index is 1.81. The Hall–Kier alpha value is -2.10. The van der Waals surface area contributed by atoms with Gasteiger partial charge in [0.1, 0.15) is 11.6 Å². The molecule has 0 aliphatic carbocycles. The molecule has 0 aliphatic heterocycles. The van der Waals surface area contributed by atoms with Gasteiger partial charge >= 0.3 is 0 Å². The smallest absolute Gasteiger partial charge is 0.263 e. The first kappa shape index (κ1) is 20.6. The Labute approximate surface area is 175 Å². The number of sulfonamides is 1. The molecule has 6 nitrogen and oxygen atoms in total.